The zero-order valence-electron chi connectivity index (χ0n) is 13.6. The van der Waals surface area contributed by atoms with Crippen LogP contribution in [0.4, 0.5) is 19.0 Å². The second kappa shape index (κ2) is 6.55. The Morgan fingerprint density at radius 2 is 1.88 bits per heavy atom. The molecule has 2 heterocycles. The molecule has 132 valence electrons. The zero-order valence-corrected chi connectivity index (χ0v) is 14.4. The van der Waals surface area contributed by atoms with Crippen molar-refractivity contribution >= 4 is 23.1 Å². The minimum absolute atomic E-state index is 0.242. The van der Waals surface area contributed by atoms with Gasteiger partial charge in [-0.2, -0.15) is 22.8 Å². The van der Waals surface area contributed by atoms with Crippen molar-refractivity contribution in [2.75, 3.05) is 5.32 Å². The van der Waals surface area contributed by atoms with Gasteiger partial charge in [-0.3, -0.25) is 0 Å². The Bertz CT molecular complexity index is 885. The van der Waals surface area contributed by atoms with E-state index in [2.05, 4.69) is 15.4 Å². The first kappa shape index (κ1) is 17.5. The van der Waals surface area contributed by atoms with Gasteiger partial charge in [0, 0.05) is 18.2 Å². The summed E-state index contributed by atoms with van der Waals surface area (Å²) in [5, 5.41) is 7.80. The van der Waals surface area contributed by atoms with E-state index in [-0.39, 0.29) is 5.92 Å². The number of nitrogens with one attached hydrogen (secondary N) is 1. The molecule has 0 bridgehead atoms. The van der Waals surface area contributed by atoms with Crippen LogP contribution in [0.15, 0.2) is 36.5 Å². The summed E-state index contributed by atoms with van der Waals surface area (Å²) in [5.74, 6) is 0.869. The Morgan fingerprint density at radius 3 is 2.48 bits per heavy atom. The Hall–Kier alpha value is -2.28. The maximum atomic E-state index is 12.6. The van der Waals surface area contributed by atoms with Crippen LogP contribution in [-0.2, 0) is 12.7 Å². The van der Waals surface area contributed by atoms with Crippen LogP contribution in [0.1, 0.15) is 36.5 Å². The zero-order chi connectivity index (χ0) is 18.2. The molecule has 0 spiro atoms. The summed E-state index contributed by atoms with van der Waals surface area (Å²) < 4.78 is 39.5. The fourth-order valence-electron chi connectivity index (χ4n) is 2.49. The molecule has 3 aromatic rings. The predicted octanol–water partition coefficient (Wildman–Crippen LogP) is 5.14. The minimum Gasteiger partial charge on any atom is -0.366 e. The first-order valence-electron chi connectivity index (χ1n) is 7.70. The number of alkyl halides is 3. The van der Waals surface area contributed by atoms with Crippen LogP contribution in [-0.4, -0.2) is 14.6 Å². The lowest BCUT2D eigenvalue weighted by molar-refractivity contribution is -0.137. The second-order valence-electron chi connectivity index (χ2n) is 6.00. The van der Waals surface area contributed by atoms with Crippen molar-refractivity contribution in [3.63, 3.8) is 0 Å². The molecule has 0 aliphatic rings. The molecular formula is C17H16ClF3N4. The number of hydrogen-bond acceptors (Lipinski definition) is 3. The fourth-order valence-corrected chi connectivity index (χ4v) is 2.67. The van der Waals surface area contributed by atoms with Crippen molar-refractivity contribution in [1.29, 1.82) is 0 Å². The van der Waals surface area contributed by atoms with Crippen molar-refractivity contribution in [3.05, 3.63) is 58.4 Å². The lowest BCUT2D eigenvalue weighted by Crippen LogP contribution is -2.08. The van der Waals surface area contributed by atoms with Crippen LogP contribution in [0.25, 0.3) is 5.65 Å². The number of fused-ring (bicyclic) bond motifs is 1. The molecule has 25 heavy (non-hydrogen) atoms. The molecule has 0 saturated heterocycles. The summed E-state index contributed by atoms with van der Waals surface area (Å²) in [6.45, 7) is 4.41. The second-order valence-corrected chi connectivity index (χ2v) is 6.39. The maximum Gasteiger partial charge on any atom is 0.416 e. The van der Waals surface area contributed by atoms with Gasteiger partial charge in [-0.25, -0.2) is 4.98 Å². The number of rotatable bonds is 4. The molecule has 0 aliphatic heterocycles. The first-order valence-corrected chi connectivity index (χ1v) is 8.07. The van der Waals surface area contributed by atoms with Gasteiger partial charge in [0.15, 0.2) is 5.65 Å². The largest absolute Gasteiger partial charge is 0.416 e. The molecule has 2 aromatic heterocycles. The molecule has 1 aromatic carbocycles. The van der Waals surface area contributed by atoms with E-state index in [4.69, 9.17) is 11.6 Å². The third-order valence-electron chi connectivity index (χ3n) is 3.84. The highest BCUT2D eigenvalue weighted by Crippen LogP contribution is 2.29. The normalized spacial score (nSPS) is 12.1. The average Bonchev–Trinajstić information content (AvgIpc) is 2.96. The van der Waals surface area contributed by atoms with Crippen LogP contribution in [0.2, 0.25) is 5.15 Å². The maximum absolute atomic E-state index is 12.6. The molecule has 0 atom stereocenters. The molecule has 0 saturated carbocycles. The monoisotopic (exact) mass is 368 g/mol. The van der Waals surface area contributed by atoms with E-state index in [1.165, 1.54) is 12.1 Å². The predicted molar refractivity (Wildman–Crippen MR) is 90.9 cm³/mol. The van der Waals surface area contributed by atoms with Gasteiger partial charge in [0.1, 0.15) is 11.0 Å². The van der Waals surface area contributed by atoms with E-state index in [1.54, 1.807) is 16.8 Å². The fraction of sp³-hybridized carbons (Fsp3) is 0.294. The first-order chi connectivity index (χ1) is 11.8. The van der Waals surface area contributed by atoms with Gasteiger partial charge in [0.25, 0.3) is 0 Å². The Labute approximate surface area is 147 Å². The third kappa shape index (κ3) is 3.71. The van der Waals surface area contributed by atoms with Gasteiger partial charge in [-0.1, -0.05) is 37.6 Å². The lowest BCUT2D eigenvalue weighted by atomic mass is 10.1. The van der Waals surface area contributed by atoms with E-state index in [1.807, 2.05) is 13.8 Å². The van der Waals surface area contributed by atoms with Gasteiger partial charge in [0.2, 0.25) is 0 Å². The molecule has 1 N–H and O–H groups in total. The summed E-state index contributed by atoms with van der Waals surface area (Å²) in [5.41, 5.74) is 1.68. The quantitative estimate of drug-likeness (QED) is 0.648. The van der Waals surface area contributed by atoms with Gasteiger partial charge in [-0.15, -0.1) is 0 Å². The number of aromatic nitrogens is 3. The number of nitrogens with zero attached hydrogens (tertiary/aromatic N) is 3. The number of halogens is 4. The molecule has 0 amide bonds. The highest BCUT2D eigenvalue weighted by Gasteiger charge is 2.29. The smallest absolute Gasteiger partial charge is 0.366 e. The highest BCUT2D eigenvalue weighted by molar-refractivity contribution is 6.29. The number of anilines is 1. The third-order valence-corrected chi connectivity index (χ3v) is 4.04. The average molecular weight is 369 g/mol. The van der Waals surface area contributed by atoms with Gasteiger partial charge < -0.3 is 5.32 Å². The van der Waals surface area contributed by atoms with E-state index in [0.717, 1.165) is 17.7 Å². The number of hydrogen-bond donors (Lipinski definition) is 1. The lowest BCUT2D eigenvalue weighted by Gasteiger charge is -2.11. The molecule has 4 nitrogen and oxygen atoms in total. The molecule has 0 unspecified atom stereocenters. The summed E-state index contributed by atoms with van der Waals surface area (Å²) >= 11 is 6.09. The molecule has 3 rings (SSSR count). The van der Waals surface area contributed by atoms with Crippen LogP contribution >= 0.6 is 11.6 Å². The van der Waals surface area contributed by atoms with Gasteiger partial charge in [0.05, 0.1) is 11.8 Å². The van der Waals surface area contributed by atoms with Gasteiger partial charge in [-0.05, 0) is 23.6 Å². The van der Waals surface area contributed by atoms with E-state index in [0.29, 0.717) is 28.7 Å². The van der Waals surface area contributed by atoms with Crippen molar-refractivity contribution in [2.24, 2.45) is 0 Å². The Kier molecular flexibility index (Phi) is 4.60. The van der Waals surface area contributed by atoms with E-state index >= 15 is 0 Å². The van der Waals surface area contributed by atoms with Crippen LogP contribution < -0.4 is 5.32 Å². The molecular weight excluding hydrogens is 353 g/mol. The molecule has 0 fully saturated rings. The van der Waals surface area contributed by atoms with Crippen LogP contribution in [0.3, 0.4) is 0 Å². The van der Waals surface area contributed by atoms with Crippen molar-refractivity contribution in [3.8, 4) is 0 Å². The topological polar surface area (TPSA) is 42.2 Å². The molecule has 0 radical (unpaired) electrons. The van der Waals surface area contributed by atoms with E-state index < -0.39 is 11.7 Å². The van der Waals surface area contributed by atoms with Crippen molar-refractivity contribution in [2.45, 2.75) is 32.5 Å². The van der Waals surface area contributed by atoms with Gasteiger partial charge >= 0.3 is 6.18 Å². The standard InChI is InChI=1S/C17H16ClF3N4/c1-10(2)13-9-23-25-15(7-14(18)24-16(13)25)22-8-11-3-5-12(6-4-11)17(19,20)21/h3-7,9-10,22H,8H2,1-2H3. The summed E-state index contributed by atoms with van der Waals surface area (Å²) in [6, 6.07) is 6.65. The van der Waals surface area contributed by atoms with Crippen LogP contribution in [0, 0.1) is 0 Å². The minimum atomic E-state index is -4.33. The summed E-state index contributed by atoms with van der Waals surface area (Å²) in [7, 11) is 0. The number of benzene rings is 1. The molecule has 0 aliphatic carbocycles. The van der Waals surface area contributed by atoms with Crippen LogP contribution in [0.5, 0.6) is 0 Å². The summed E-state index contributed by atoms with van der Waals surface area (Å²) in [4.78, 5) is 4.31. The summed E-state index contributed by atoms with van der Waals surface area (Å²) in [6.07, 6.45) is -2.59. The highest BCUT2D eigenvalue weighted by atomic mass is 35.5. The Balaban J connectivity index is 1.84. The van der Waals surface area contributed by atoms with E-state index in [9.17, 15) is 13.2 Å². The van der Waals surface area contributed by atoms with Crippen molar-refractivity contribution < 1.29 is 13.2 Å². The Morgan fingerprint density at radius 1 is 1.20 bits per heavy atom. The van der Waals surface area contributed by atoms with Crippen molar-refractivity contribution in [1.82, 2.24) is 14.6 Å². The SMILES string of the molecule is CC(C)c1cnn2c(NCc3ccc(C(F)(F)F)cc3)cc(Cl)nc12. The molecule has 8 heteroatoms.